The number of nitrogens with zero attached hydrogens (tertiary/aromatic N) is 4. The van der Waals surface area contributed by atoms with Crippen LogP contribution in [0.15, 0.2) is 54.9 Å². The van der Waals surface area contributed by atoms with Crippen molar-refractivity contribution in [1.82, 2.24) is 19.4 Å². The van der Waals surface area contributed by atoms with Crippen molar-refractivity contribution in [2.24, 2.45) is 7.05 Å². The van der Waals surface area contributed by atoms with Crippen molar-refractivity contribution in [2.75, 3.05) is 6.54 Å². The summed E-state index contributed by atoms with van der Waals surface area (Å²) in [7, 11) is 2.05. The number of hydrogen-bond donors (Lipinski definition) is 0. The van der Waals surface area contributed by atoms with E-state index in [0.29, 0.717) is 6.04 Å². The molecule has 1 atom stereocenters. The molecule has 0 spiro atoms. The molecule has 0 aliphatic carbocycles. The van der Waals surface area contributed by atoms with Gasteiger partial charge in [0.05, 0.1) is 18.3 Å². The Morgan fingerprint density at radius 1 is 1.15 bits per heavy atom. The van der Waals surface area contributed by atoms with E-state index in [-0.39, 0.29) is 0 Å². The summed E-state index contributed by atoms with van der Waals surface area (Å²) in [6, 6.07) is 14.7. The largest absolute Gasteiger partial charge is 0.337 e. The maximum Gasteiger partial charge on any atom is 0.122 e. The van der Waals surface area contributed by atoms with Crippen LogP contribution in [0, 0.1) is 0 Å². The van der Waals surface area contributed by atoms with Crippen molar-refractivity contribution in [2.45, 2.75) is 31.8 Å². The summed E-state index contributed by atoms with van der Waals surface area (Å²) in [5, 5.41) is 0.803. The van der Waals surface area contributed by atoms with Crippen LogP contribution >= 0.6 is 11.6 Å². The van der Waals surface area contributed by atoms with Crippen LogP contribution in [-0.4, -0.2) is 26.0 Å². The number of likely N-dealkylation sites (tertiary alicyclic amines) is 1. The summed E-state index contributed by atoms with van der Waals surface area (Å²) in [5.41, 5.74) is 3.34. The van der Waals surface area contributed by atoms with Gasteiger partial charge >= 0.3 is 0 Å². The number of pyridine rings is 1. The fourth-order valence-corrected chi connectivity index (χ4v) is 3.90. The Balaban J connectivity index is 1.53. The van der Waals surface area contributed by atoms with Gasteiger partial charge in [0.1, 0.15) is 5.82 Å². The molecule has 1 fully saturated rings. The Morgan fingerprint density at radius 2 is 2.04 bits per heavy atom. The lowest BCUT2D eigenvalue weighted by atomic mass is 10.1. The Bertz CT molecular complexity index is 889. The molecule has 0 bridgehead atoms. The second kappa shape index (κ2) is 7.60. The SMILES string of the molecule is Cn1ccnc1CN1CCCC1c1cccc(Cc2ccccc2Cl)n1. The highest BCUT2D eigenvalue weighted by molar-refractivity contribution is 6.31. The van der Waals surface area contributed by atoms with E-state index in [1.54, 1.807) is 0 Å². The lowest BCUT2D eigenvalue weighted by Gasteiger charge is -2.24. The Kier molecular flexibility index (Phi) is 5.05. The molecule has 134 valence electrons. The first kappa shape index (κ1) is 17.3. The van der Waals surface area contributed by atoms with Crippen LogP contribution in [0.2, 0.25) is 5.02 Å². The molecule has 3 aromatic rings. The van der Waals surface area contributed by atoms with Gasteiger partial charge in [0.25, 0.3) is 0 Å². The molecule has 2 aromatic heterocycles. The van der Waals surface area contributed by atoms with Crippen molar-refractivity contribution in [1.29, 1.82) is 0 Å². The maximum absolute atomic E-state index is 6.31. The third-order valence-corrected chi connectivity index (χ3v) is 5.50. The highest BCUT2D eigenvalue weighted by atomic mass is 35.5. The molecule has 3 heterocycles. The summed E-state index contributed by atoms with van der Waals surface area (Å²) in [6.07, 6.45) is 6.98. The number of hydrogen-bond acceptors (Lipinski definition) is 3. The molecule has 0 saturated carbocycles. The first-order valence-corrected chi connectivity index (χ1v) is 9.48. The Hall–Kier alpha value is -2.17. The third-order valence-electron chi connectivity index (χ3n) is 5.13. The maximum atomic E-state index is 6.31. The van der Waals surface area contributed by atoms with Gasteiger partial charge in [-0.2, -0.15) is 0 Å². The molecule has 0 N–H and O–H groups in total. The molecule has 4 rings (SSSR count). The number of halogens is 1. The number of aromatic nitrogens is 3. The second-order valence-corrected chi connectivity index (χ2v) is 7.31. The van der Waals surface area contributed by atoms with Crippen LogP contribution < -0.4 is 0 Å². The standard InChI is InChI=1S/C21H23ClN4/c1-25-13-11-23-21(25)15-26-12-5-10-20(26)19-9-4-7-17(24-19)14-16-6-2-3-8-18(16)22/h2-4,6-9,11,13,20H,5,10,12,14-15H2,1H3. The van der Waals surface area contributed by atoms with E-state index in [4.69, 9.17) is 16.6 Å². The van der Waals surface area contributed by atoms with Crippen molar-refractivity contribution in [3.63, 3.8) is 0 Å². The minimum atomic E-state index is 0.359. The van der Waals surface area contributed by atoms with Crippen LogP contribution in [0.1, 0.15) is 41.7 Å². The molecule has 1 unspecified atom stereocenters. The Labute approximate surface area is 159 Å². The molecule has 0 radical (unpaired) electrons. The van der Waals surface area contributed by atoms with Crippen LogP contribution in [-0.2, 0) is 20.0 Å². The van der Waals surface area contributed by atoms with E-state index in [2.05, 4.69) is 45.8 Å². The molecule has 1 aliphatic rings. The van der Waals surface area contributed by atoms with Gasteiger partial charge in [0.2, 0.25) is 0 Å². The quantitative estimate of drug-likeness (QED) is 0.671. The number of imidazole rings is 1. The normalized spacial score (nSPS) is 17.7. The molecular formula is C21H23ClN4. The topological polar surface area (TPSA) is 34.0 Å². The van der Waals surface area contributed by atoms with Gasteiger partial charge < -0.3 is 4.57 Å². The van der Waals surface area contributed by atoms with Crippen LogP contribution in [0.3, 0.4) is 0 Å². The van der Waals surface area contributed by atoms with E-state index in [1.165, 1.54) is 6.42 Å². The molecular weight excluding hydrogens is 344 g/mol. The monoisotopic (exact) mass is 366 g/mol. The molecule has 1 aliphatic heterocycles. The van der Waals surface area contributed by atoms with E-state index in [9.17, 15) is 0 Å². The summed E-state index contributed by atoms with van der Waals surface area (Å²) in [5.74, 6) is 1.10. The van der Waals surface area contributed by atoms with Crippen LogP contribution in [0.25, 0.3) is 0 Å². The van der Waals surface area contributed by atoms with Gasteiger partial charge in [-0.3, -0.25) is 9.88 Å². The van der Waals surface area contributed by atoms with Gasteiger partial charge in [-0.25, -0.2) is 4.98 Å². The lowest BCUT2D eigenvalue weighted by Crippen LogP contribution is -2.25. The van der Waals surface area contributed by atoms with Gasteiger partial charge in [0, 0.05) is 36.6 Å². The van der Waals surface area contributed by atoms with Gasteiger partial charge in [-0.1, -0.05) is 35.9 Å². The fourth-order valence-electron chi connectivity index (χ4n) is 3.70. The lowest BCUT2D eigenvalue weighted by molar-refractivity contribution is 0.236. The predicted molar refractivity (Wildman–Crippen MR) is 104 cm³/mol. The van der Waals surface area contributed by atoms with Gasteiger partial charge in [0.15, 0.2) is 0 Å². The molecule has 1 saturated heterocycles. The van der Waals surface area contributed by atoms with E-state index >= 15 is 0 Å². The number of benzene rings is 1. The zero-order valence-corrected chi connectivity index (χ0v) is 15.7. The molecule has 26 heavy (non-hydrogen) atoms. The molecule has 5 heteroatoms. The minimum absolute atomic E-state index is 0.359. The zero-order valence-electron chi connectivity index (χ0n) is 15.0. The number of aryl methyl sites for hydroxylation is 1. The summed E-state index contributed by atoms with van der Waals surface area (Å²) < 4.78 is 2.09. The second-order valence-electron chi connectivity index (χ2n) is 6.90. The molecule has 4 nitrogen and oxygen atoms in total. The summed E-state index contributed by atoms with van der Waals surface area (Å²) in [4.78, 5) is 11.9. The van der Waals surface area contributed by atoms with E-state index in [1.807, 2.05) is 30.6 Å². The molecule has 1 aromatic carbocycles. The van der Waals surface area contributed by atoms with Crippen molar-refractivity contribution >= 4 is 11.6 Å². The van der Waals surface area contributed by atoms with Gasteiger partial charge in [-0.15, -0.1) is 0 Å². The number of rotatable bonds is 5. The average Bonchev–Trinajstić information content (AvgIpc) is 3.27. The molecule has 0 amide bonds. The first-order valence-electron chi connectivity index (χ1n) is 9.10. The first-order chi connectivity index (χ1) is 12.7. The smallest absolute Gasteiger partial charge is 0.122 e. The summed E-state index contributed by atoms with van der Waals surface area (Å²) >= 11 is 6.31. The summed E-state index contributed by atoms with van der Waals surface area (Å²) in [6.45, 7) is 1.96. The van der Waals surface area contributed by atoms with Crippen molar-refractivity contribution in [3.8, 4) is 0 Å². The zero-order chi connectivity index (χ0) is 17.9. The van der Waals surface area contributed by atoms with E-state index in [0.717, 1.165) is 53.7 Å². The van der Waals surface area contributed by atoms with Gasteiger partial charge in [-0.05, 0) is 43.1 Å². The van der Waals surface area contributed by atoms with Crippen LogP contribution in [0.4, 0.5) is 0 Å². The highest BCUT2D eigenvalue weighted by Gasteiger charge is 2.28. The average molecular weight is 367 g/mol. The van der Waals surface area contributed by atoms with Crippen molar-refractivity contribution in [3.05, 3.63) is 82.7 Å². The van der Waals surface area contributed by atoms with Crippen molar-refractivity contribution < 1.29 is 0 Å². The fraction of sp³-hybridized carbons (Fsp3) is 0.333. The predicted octanol–water partition coefficient (Wildman–Crippen LogP) is 4.40. The van der Waals surface area contributed by atoms with Crippen LogP contribution in [0.5, 0.6) is 0 Å². The highest BCUT2D eigenvalue weighted by Crippen LogP contribution is 2.32. The minimum Gasteiger partial charge on any atom is -0.337 e. The Morgan fingerprint density at radius 3 is 2.85 bits per heavy atom. The third kappa shape index (κ3) is 3.67. The van der Waals surface area contributed by atoms with E-state index < -0.39 is 0 Å².